The first-order valence-electron chi connectivity index (χ1n) is 2.77. The summed E-state index contributed by atoms with van der Waals surface area (Å²) in [4.78, 5) is 17.3. The molecule has 0 fully saturated rings. The van der Waals surface area contributed by atoms with E-state index in [1.165, 1.54) is 0 Å². The molecule has 0 radical (unpaired) electrons. The van der Waals surface area contributed by atoms with Crippen LogP contribution in [0.4, 0.5) is 0 Å². The maximum absolute atomic E-state index is 10.5. The van der Waals surface area contributed by atoms with Crippen LogP contribution in [0.3, 0.4) is 0 Å². The molecule has 0 aromatic rings. The van der Waals surface area contributed by atoms with Gasteiger partial charge >= 0.3 is 7.28 Å². The van der Waals surface area contributed by atoms with Gasteiger partial charge in [0.1, 0.15) is 6.16 Å². The quantitative estimate of drug-likeness (QED) is 0.576. The van der Waals surface area contributed by atoms with Crippen molar-refractivity contribution in [1.82, 2.24) is 0 Å². The normalized spacial score (nSPS) is 24.0. The summed E-state index contributed by atoms with van der Waals surface area (Å²) in [7, 11) is -4.75. The van der Waals surface area contributed by atoms with E-state index in [9.17, 15) is 4.57 Å². The van der Waals surface area contributed by atoms with Crippen LogP contribution in [0.5, 0.6) is 0 Å². The second-order valence-electron chi connectivity index (χ2n) is 2.00. The minimum atomic E-state index is -3.70. The zero-order valence-electron chi connectivity index (χ0n) is 4.90. The van der Waals surface area contributed by atoms with E-state index in [0.29, 0.717) is 0 Å². The molecule has 1 aliphatic rings. The average molecular weight is 167 g/mol. The molecule has 0 aliphatic carbocycles. The Balaban J connectivity index is 2.73. The minimum Gasteiger partial charge on any atom is -0.289 e. The highest BCUT2D eigenvalue weighted by atomic mass is 32.1. The zero-order chi connectivity index (χ0) is 6.91. The summed E-state index contributed by atoms with van der Waals surface area (Å²) in [6.07, 6.45) is 2.56. The van der Waals surface area contributed by atoms with E-state index in [4.69, 9.17) is 9.79 Å². The summed E-state index contributed by atoms with van der Waals surface area (Å²) >= 11 is 0. The standard InChI is InChI=1S/C4H8O3P2/c5-9(6,7)8-3-1-2-4-8/h3H,1-2,4H2,(H-,5,6,7)/p+1. The fourth-order valence-electron chi connectivity index (χ4n) is 0.822. The molecule has 52 valence electrons. The lowest BCUT2D eigenvalue weighted by atomic mass is 10.4. The summed E-state index contributed by atoms with van der Waals surface area (Å²) in [5, 5.41) is 0. The summed E-state index contributed by atoms with van der Waals surface area (Å²) in [5.74, 6) is 1.79. The molecule has 1 atom stereocenters. The number of hydrogen-bond acceptors (Lipinski definition) is 1. The zero-order valence-corrected chi connectivity index (χ0v) is 6.68. The Morgan fingerprint density at radius 2 is 2.22 bits per heavy atom. The summed E-state index contributed by atoms with van der Waals surface area (Å²) in [6.45, 7) is 0. The van der Waals surface area contributed by atoms with Crippen molar-refractivity contribution in [2.75, 3.05) is 6.16 Å². The summed E-state index contributed by atoms with van der Waals surface area (Å²) < 4.78 is 10.5. The maximum Gasteiger partial charge on any atom is 0.521 e. The van der Waals surface area contributed by atoms with Crippen molar-refractivity contribution in [3.05, 3.63) is 0 Å². The van der Waals surface area contributed by atoms with Gasteiger partial charge in [0.2, 0.25) is 7.23 Å². The van der Waals surface area contributed by atoms with Crippen LogP contribution in [-0.2, 0) is 4.57 Å². The molecular formula is C4H9O3P2+. The van der Waals surface area contributed by atoms with E-state index in [1.54, 1.807) is 5.80 Å². The topological polar surface area (TPSA) is 57.5 Å². The number of rotatable bonds is 1. The van der Waals surface area contributed by atoms with Crippen molar-refractivity contribution >= 4 is 20.3 Å². The van der Waals surface area contributed by atoms with E-state index >= 15 is 0 Å². The molecule has 1 rings (SSSR count). The monoisotopic (exact) mass is 167 g/mol. The van der Waals surface area contributed by atoms with Gasteiger partial charge in [-0.15, -0.1) is 0 Å². The molecule has 1 aliphatic heterocycles. The molecule has 0 aromatic heterocycles. The van der Waals surface area contributed by atoms with Crippen molar-refractivity contribution in [3.63, 3.8) is 0 Å². The molecule has 0 spiro atoms. The van der Waals surface area contributed by atoms with Crippen LogP contribution in [0.25, 0.3) is 0 Å². The Labute approximate surface area is 54.5 Å². The average Bonchev–Trinajstić information content (AvgIpc) is 2.08. The van der Waals surface area contributed by atoms with Crippen LogP contribution >= 0.6 is 14.5 Å². The summed E-state index contributed by atoms with van der Waals surface area (Å²) in [5.41, 5.74) is 0. The molecule has 0 saturated heterocycles. The molecule has 2 N–H and O–H groups in total. The lowest BCUT2D eigenvalue weighted by molar-refractivity contribution is 0.396. The fourth-order valence-corrected chi connectivity index (χ4v) is 4.65. The van der Waals surface area contributed by atoms with Crippen molar-refractivity contribution in [3.8, 4) is 0 Å². The molecule has 1 heterocycles. The highest BCUT2D eigenvalue weighted by Crippen LogP contribution is 2.64. The molecular weight excluding hydrogens is 158 g/mol. The molecule has 9 heavy (non-hydrogen) atoms. The van der Waals surface area contributed by atoms with Crippen LogP contribution in [0.15, 0.2) is 0 Å². The van der Waals surface area contributed by atoms with Gasteiger partial charge in [-0.2, -0.15) is 0 Å². The van der Waals surface area contributed by atoms with Crippen LogP contribution in [-0.4, -0.2) is 21.7 Å². The molecule has 0 aromatic carbocycles. The smallest absolute Gasteiger partial charge is 0.289 e. The Morgan fingerprint density at radius 3 is 2.44 bits per heavy atom. The van der Waals surface area contributed by atoms with Crippen molar-refractivity contribution in [2.45, 2.75) is 12.8 Å². The van der Waals surface area contributed by atoms with Gasteiger partial charge in [0.25, 0.3) is 0 Å². The van der Waals surface area contributed by atoms with E-state index in [1.807, 2.05) is 0 Å². The first kappa shape index (κ1) is 7.43. The maximum atomic E-state index is 10.5. The molecule has 1 unspecified atom stereocenters. The van der Waals surface area contributed by atoms with E-state index < -0.39 is 14.5 Å². The van der Waals surface area contributed by atoms with Gasteiger partial charge in [-0.05, 0) is 6.42 Å². The Bertz CT molecular complexity index is 180. The predicted octanol–water partition coefficient (Wildman–Crippen LogP) is 1.16. The molecule has 5 heteroatoms. The van der Waals surface area contributed by atoms with E-state index in [0.717, 1.165) is 19.0 Å². The SMILES string of the molecule is O=P(O)(O)[P+]1=CCCC1. The molecule has 0 saturated carbocycles. The first-order chi connectivity index (χ1) is 4.11. The highest BCUT2D eigenvalue weighted by molar-refractivity contribution is 8.26. The predicted molar refractivity (Wildman–Crippen MR) is 39.1 cm³/mol. The van der Waals surface area contributed by atoms with E-state index in [-0.39, 0.29) is 0 Å². The molecule has 0 amide bonds. The Kier molecular flexibility index (Phi) is 2.07. The minimum absolute atomic E-state index is 0.722. The van der Waals surface area contributed by atoms with Gasteiger partial charge < -0.3 is 0 Å². The fraction of sp³-hybridized carbons (Fsp3) is 0.750. The Morgan fingerprint density at radius 1 is 1.56 bits per heavy atom. The first-order valence-corrected chi connectivity index (χ1v) is 6.68. The van der Waals surface area contributed by atoms with Crippen LogP contribution < -0.4 is 0 Å². The van der Waals surface area contributed by atoms with Crippen LogP contribution in [0.1, 0.15) is 12.8 Å². The third-order valence-corrected chi connectivity index (χ3v) is 6.49. The van der Waals surface area contributed by atoms with Gasteiger partial charge in [-0.25, -0.2) is 4.57 Å². The lowest BCUT2D eigenvalue weighted by Crippen LogP contribution is -1.71. The number of hydrogen-bond donors (Lipinski definition) is 2. The summed E-state index contributed by atoms with van der Waals surface area (Å²) in [6, 6.07) is 0. The van der Waals surface area contributed by atoms with Gasteiger partial charge in [0, 0.05) is 6.42 Å². The van der Waals surface area contributed by atoms with Gasteiger partial charge in [0.05, 0.1) is 5.80 Å². The highest BCUT2D eigenvalue weighted by Gasteiger charge is 2.35. The molecule has 3 nitrogen and oxygen atoms in total. The lowest BCUT2D eigenvalue weighted by Gasteiger charge is -1.89. The second kappa shape index (κ2) is 2.51. The largest absolute Gasteiger partial charge is 0.521 e. The van der Waals surface area contributed by atoms with Gasteiger partial charge in [0.15, 0.2) is 0 Å². The van der Waals surface area contributed by atoms with Crippen molar-refractivity contribution in [2.24, 2.45) is 0 Å². The third-order valence-electron chi connectivity index (χ3n) is 1.27. The van der Waals surface area contributed by atoms with Gasteiger partial charge in [-0.3, -0.25) is 9.79 Å². The Hall–Kier alpha value is 0.320. The third kappa shape index (κ3) is 1.87. The van der Waals surface area contributed by atoms with Crippen LogP contribution in [0, 0.1) is 0 Å². The second-order valence-corrected chi connectivity index (χ2v) is 7.82. The van der Waals surface area contributed by atoms with E-state index in [2.05, 4.69) is 0 Å². The van der Waals surface area contributed by atoms with Crippen molar-refractivity contribution < 1.29 is 14.4 Å². The van der Waals surface area contributed by atoms with Crippen molar-refractivity contribution in [1.29, 1.82) is 0 Å². The van der Waals surface area contributed by atoms with Gasteiger partial charge in [-0.1, -0.05) is 0 Å². The molecule has 0 bridgehead atoms. The van der Waals surface area contributed by atoms with Crippen LogP contribution in [0.2, 0.25) is 0 Å².